The van der Waals surface area contributed by atoms with Gasteiger partial charge in [0, 0.05) is 13.1 Å². The van der Waals surface area contributed by atoms with Crippen LogP contribution in [0.15, 0.2) is 0 Å². The van der Waals surface area contributed by atoms with Gasteiger partial charge in [-0.3, -0.25) is 4.79 Å². The van der Waals surface area contributed by atoms with Gasteiger partial charge >= 0.3 is 0 Å². The predicted molar refractivity (Wildman–Crippen MR) is 52.0 cm³/mol. The van der Waals surface area contributed by atoms with Crippen LogP contribution < -0.4 is 10.7 Å². The topological polar surface area (TPSA) is 68.2 Å². The smallest absolute Gasteiger partial charge is 0.236 e. The van der Waals surface area contributed by atoms with Crippen molar-refractivity contribution in [2.75, 3.05) is 26.2 Å². The summed E-state index contributed by atoms with van der Waals surface area (Å²) in [5, 5.41) is 12.8. The van der Waals surface area contributed by atoms with Crippen molar-refractivity contribution in [2.24, 2.45) is 0 Å². The summed E-state index contributed by atoms with van der Waals surface area (Å²) in [4.78, 5) is 11.1. The molecule has 1 amide bonds. The molecule has 0 spiro atoms. The summed E-state index contributed by atoms with van der Waals surface area (Å²) in [7, 11) is 0. The van der Waals surface area contributed by atoms with Crippen LogP contribution in [0.4, 0.5) is 0 Å². The average Bonchev–Trinajstić information content (AvgIpc) is 2.25. The number of hydrazine groups is 1. The number of carbonyl (C=O) groups excluding carboxylic acids is 1. The maximum atomic E-state index is 11.1. The minimum Gasteiger partial charge on any atom is -0.342 e. The van der Waals surface area contributed by atoms with E-state index in [-0.39, 0.29) is 19.0 Å². The SMILES string of the molecule is N#CCNC(=O)CNN1CCCCC1. The van der Waals surface area contributed by atoms with Crippen LogP contribution in [-0.4, -0.2) is 37.1 Å². The molecule has 0 saturated carbocycles. The number of nitrogens with one attached hydrogen (secondary N) is 2. The quantitative estimate of drug-likeness (QED) is 0.601. The molecular formula is C9H16N4O. The van der Waals surface area contributed by atoms with Crippen LogP contribution in [0.3, 0.4) is 0 Å². The Balaban J connectivity index is 2.07. The normalized spacial score (nSPS) is 17.4. The van der Waals surface area contributed by atoms with E-state index >= 15 is 0 Å². The van der Waals surface area contributed by atoms with Crippen molar-refractivity contribution >= 4 is 5.91 Å². The van der Waals surface area contributed by atoms with Gasteiger partial charge in [-0.25, -0.2) is 10.4 Å². The lowest BCUT2D eigenvalue weighted by molar-refractivity contribution is -0.121. The van der Waals surface area contributed by atoms with Crippen LogP contribution in [0, 0.1) is 11.3 Å². The molecule has 2 N–H and O–H groups in total. The second-order valence-electron chi connectivity index (χ2n) is 3.32. The van der Waals surface area contributed by atoms with E-state index in [2.05, 4.69) is 15.8 Å². The zero-order valence-corrected chi connectivity index (χ0v) is 8.25. The maximum Gasteiger partial charge on any atom is 0.236 e. The van der Waals surface area contributed by atoms with Crippen molar-refractivity contribution in [3.63, 3.8) is 0 Å². The first-order valence-corrected chi connectivity index (χ1v) is 4.95. The summed E-state index contributed by atoms with van der Waals surface area (Å²) < 4.78 is 0. The van der Waals surface area contributed by atoms with Gasteiger partial charge in [0.25, 0.3) is 0 Å². The summed E-state index contributed by atoms with van der Waals surface area (Å²) in [5.41, 5.74) is 3.04. The van der Waals surface area contributed by atoms with Crippen LogP contribution in [0.1, 0.15) is 19.3 Å². The Labute approximate surface area is 84.0 Å². The minimum absolute atomic E-state index is 0.0838. The lowest BCUT2D eigenvalue weighted by atomic mass is 10.2. The largest absolute Gasteiger partial charge is 0.342 e. The highest BCUT2D eigenvalue weighted by atomic mass is 16.2. The van der Waals surface area contributed by atoms with E-state index in [0.717, 1.165) is 13.1 Å². The summed E-state index contributed by atoms with van der Waals surface area (Å²) >= 11 is 0. The molecule has 0 aromatic carbocycles. The molecule has 0 bridgehead atoms. The number of hydrogen-bond acceptors (Lipinski definition) is 4. The van der Waals surface area contributed by atoms with Crippen LogP contribution >= 0.6 is 0 Å². The zero-order valence-electron chi connectivity index (χ0n) is 8.25. The molecule has 0 atom stereocenters. The number of piperidine rings is 1. The lowest BCUT2D eigenvalue weighted by Gasteiger charge is -2.26. The molecule has 1 fully saturated rings. The first-order valence-electron chi connectivity index (χ1n) is 4.95. The van der Waals surface area contributed by atoms with E-state index in [0.29, 0.717) is 0 Å². The Morgan fingerprint density at radius 1 is 1.36 bits per heavy atom. The van der Waals surface area contributed by atoms with E-state index in [9.17, 15) is 4.79 Å². The van der Waals surface area contributed by atoms with Gasteiger partial charge in [0.05, 0.1) is 12.6 Å². The van der Waals surface area contributed by atoms with Gasteiger partial charge in [-0.1, -0.05) is 6.42 Å². The molecule has 1 aliphatic heterocycles. The van der Waals surface area contributed by atoms with Crippen LogP contribution in [0.5, 0.6) is 0 Å². The lowest BCUT2D eigenvalue weighted by Crippen LogP contribution is -2.46. The second-order valence-corrected chi connectivity index (χ2v) is 3.32. The van der Waals surface area contributed by atoms with Gasteiger partial charge in [-0.2, -0.15) is 5.26 Å². The first kappa shape index (κ1) is 11.0. The first-order chi connectivity index (χ1) is 6.83. The van der Waals surface area contributed by atoms with E-state index in [1.807, 2.05) is 6.07 Å². The molecule has 0 radical (unpaired) electrons. The molecule has 0 aromatic heterocycles. The van der Waals surface area contributed by atoms with Gasteiger partial charge in [0.2, 0.25) is 5.91 Å². The second kappa shape index (κ2) is 6.35. The van der Waals surface area contributed by atoms with Crippen molar-refractivity contribution in [3.8, 4) is 6.07 Å². The van der Waals surface area contributed by atoms with Crippen molar-refractivity contribution in [1.29, 1.82) is 5.26 Å². The molecule has 1 rings (SSSR count). The minimum atomic E-state index is -0.128. The van der Waals surface area contributed by atoms with Crippen LogP contribution in [0.2, 0.25) is 0 Å². The number of rotatable bonds is 4. The zero-order chi connectivity index (χ0) is 10.2. The fraction of sp³-hybridized carbons (Fsp3) is 0.778. The fourth-order valence-electron chi connectivity index (χ4n) is 1.44. The van der Waals surface area contributed by atoms with Crippen molar-refractivity contribution < 1.29 is 4.79 Å². The molecule has 5 heteroatoms. The molecule has 5 nitrogen and oxygen atoms in total. The van der Waals surface area contributed by atoms with Crippen molar-refractivity contribution in [2.45, 2.75) is 19.3 Å². The predicted octanol–water partition coefficient (Wildman–Crippen LogP) is -0.383. The van der Waals surface area contributed by atoms with E-state index in [1.165, 1.54) is 19.3 Å². The van der Waals surface area contributed by atoms with E-state index in [1.54, 1.807) is 0 Å². The fourth-order valence-corrected chi connectivity index (χ4v) is 1.44. The van der Waals surface area contributed by atoms with Crippen LogP contribution in [-0.2, 0) is 4.79 Å². The van der Waals surface area contributed by atoms with Gasteiger partial charge in [-0.05, 0) is 12.8 Å². The summed E-state index contributed by atoms with van der Waals surface area (Å²) in [6.07, 6.45) is 3.65. The van der Waals surface area contributed by atoms with Gasteiger partial charge in [0.15, 0.2) is 0 Å². The van der Waals surface area contributed by atoms with E-state index in [4.69, 9.17) is 5.26 Å². The highest BCUT2D eigenvalue weighted by Crippen LogP contribution is 2.05. The third-order valence-electron chi connectivity index (χ3n) is 2.18. The average molecular weight is 196 g/mol. The summed E-state index contributed by atoms with van der Waals surface area (Å²) in [6.45, 7) is 2.36. The van der Waals surface area contributed by atoms with E-state index < -0.39 is 0 Å². The molecule has 0 aromatic rings. The third-order valence-corrected chi connectivity index (χ3v) is 2.18. The van der Waals surface area contributed by atoms with Crippen molar-refractivity contribution in [3.05, 3.63) is 0 Å². The Morgan fingerprint density at radius 3 is 2.71 bits per heavy atom. The molecule has 1 saturated heterocycles. The molecular weight excluding hydrogens is 180 g/mol. The molecule has 14 heavy (non-hydrogen) atoms. The standard InChI is InChI=1S/C9H16N4O/c10-4-5-11-9(14)8-12-13-6-2-1-3-7-13/h12H,1-3,5-8H2,(H,11,14). The van der Waals surface area contributed by atoms with Gasteiger partial charge in [0.1, 0.15) is 6.54 Å². The van der Waals surface area contributed by atoms with Gasteiger partial charge in [-0.15, -0.1) is 0 Å². The van der Waals surface area contributed by atoms with Gasteiger partial charge < -0.3 is 5.32 Å². The Kier molecular flexibility index (Phi) is 4.97. The third kappa shape index (κ3) is 4.21. The Bertz CT molecular complexity index is 217. The Morgan fingerprint density at radius 2 is 2.07 bits per heavy atom. The monoisotopic (exact) mass is 196 g/mol. The summed E-state index contributed by atoms with van der Waals surface area (Å²) in [5.74, 6) is -0.128. The van der Waals surface area contributed by atoms with Crippen molar-refractivity contribution in [1.82, 2.24) is 15.8 Å². The molecule has 1 aliphatic rings. The number of carbonyl (C=O) groups is 1. The highest BCUT2D eigenvalue weighted by Gasteiger charge is 2.10. The number of nitrogens with zero attached hydrogens (tertiary/aromatic N) is 2. The maximum absolute atomic E-state index is 11.1. The number of amides is 1. The molecule has 78 valence electrons. The van der Waals surface area contributed by atoms with Crippen LogP contribution in [0.25, 0.3) is 0 Å². The molecule has 0 unspecified atom stereocenters. The highest BCUT2D eigenvalue weighted by molar-refractivity contribution is 5.78. The number of nitriles is 1. The Hall–Kier alpha value is -1.12. The summed E-state index contributed by atoms with van der Waals surface area (Å²) in [6, 6.07) is 1.86. The number of hydrogen-bond donors (Lipinski definition) is 2. The molecule has 1 heterocycles. The molecule has 0 aliphatic carbocycles.